The van der Waals surface area contributed by atoms with E-state index in [0.717, 1.165) is 36.8 Å². The Labute approximate surface area is 183 Å². The standard InChI is InChI=1S/C25H31N3O3/c26-24(30)20-14-8-3-9-15-22(20)28-23(29)17-27-25(31)21(19-12-6-2-7-13-19)16-18-10-4-1-5-11-18/h1-2,4-7,10-13,20-22H,3,8-9,14-17H2,(H2,26,30)(H,27,31)(H,28,29)/t20-,21?,22-/m0/s1. The molecule has 3 rings (SSSR count). The predicted octanol–water partition coefficient (Wildman–Crippen LogP) is 2.68. The molecule has 0 saturated heterocycles. The lowest BCUT2D eigenvalue weighted by atomic mass is 9.91. The Hall–Kier alpha value is -3.15. The van der Waals surface area contributed by atoms with Crippen molar-refractivity contribution in [1.29, 1.82) is 0 Å². The number of carbonyl (C=O) groups is 3. The molecule has 164 valence electrons. The van der Waals surface area contributed by atoms with Crippen LogP contribution in [0.3, 0.4) is 0 Å². The van der Waals surface area contributed by atoms with Crippen molar-refractivity contribution in [2.24, 2.45) is 11.7 Å². The molecule has 3 amide bonds. The first-order valence-corrected chi connectivity index (χ1v) is 11.0. The minimum Gasteiger partial charge on any atom is -0.369 e. The van der Waals surface area contributed by atoms with Gasteiger partial charge in [-0.3, -0.25) is 14.4 Å². The van der Waals surface area contributed by atoms with Crippen LogP contribution in [0.4, 0.5) is 0 Å². The van der Waals surface area contributed by atoms with E-state index >= 15 is 0 Å². The van der Waals surface area contributed by atoms with Crippen molar-refractivity contribution in [2.45, 2.75) is 50.5 Å². The van der Waals surface area contributed by atoms with Gasteiger partial charge >= 0.3 is 0 Å². The van der Waals surface area contributed by atoms with Crippen molar-refractivity contribution in [2.75, 3.05) is 6.54 Å². The molecule has 3 atom stereocenters. The molecule has 6 heteroatoms. The van der Waals surface area contributed by atoms with Crippen molar-refractivity contribution >= 4 is 17.7 Å². The molecule has 1 fully saturated rings. The highest BCUT2D eigenvalue weighted by Crippen LogP contribution is 2.24. The number of nitrogens with one attached hydrogen (secondary N) is 2. The molecule has 4 N–H and O–H groups in total. The zero-order valence-electron chi connectivity index (χ0n) is 17.8. The first-order chi connectivity index (χ1) is 15.0. The van der Waals surface area contributed by atoms with Gasteiger partial charge in [-0.1, -0.05) is 79.9 Å². The van der Waals surface area contributed by atoms with Crippen LogP contribution in [0, 0.1) is 5.92 Å². The quantitative estimate of drug-likeness (QED) is 0.571. The number of benzene rings is 2. The topological polar surface area (TPSA) is 101 Å². The number of hydrogen-bond donors (Lipinski definition) is 3. The Kier molecular flexibility index (Phi) is 8.21. The molecule has 6 nitrogen and oxygen atoms in total. The lowest BCUT2D eigenvalue weighted by Gasteiger charge is -2.24. The largest absolute Gasteiger partial charge is 0.369 e. The Morgan fingerprint density at radius 1 is 0.903 bits per heavy atom. The van der Waals surface area contributed by atoms with Crippen LogP contribution >= 0.6 is 0 Å². The summed E-state index contributed by atoms with van der Waals surface area (Å²) < 4.78 is 0. The van der Waals surface area contributed by atoms with Crippen LogP contribution in [0.1, 0.15) is 49.1 Å². The molecule has 0 bridgehead atoms. The molecule has 31 heavy (non-hydrogen) atoms. The fraction of sp³-hybridized carbons (Fsp3) is 0.400. The summed E-state index contributed by atoms with van der Waals surface area (Å²) in [4.78, 5) is 37.3. The molecule has 0 aromatic heterocycles. The molecule has 2 aromatic rings. The monoisotopic (exact) mass is 421 g/mol. The smallest absolute Gasteiger partial charge is 0.239 e. The minimum atomic E-state index is -0.396. The second-order valence-corrected chi connectivity index (χ2v) is 8.19. The number of primary amides is 1. The number of rotatable bonds is 8. The maximum Gasteiger partial charge on any atom is 0.239 e. The summed E-state index contributed by atoms with van der Waals surface area (Å²) in [7, 11) is 0. The van der Waals surface area contributed by atoms with Gasteiger partial charge in [0.25, 0.3) is 0 Å². The van der Waals surface area contributed by atoms with Gasteiger partial charge in [0.05, 0.1) is 18.4 Å². The average Bonchev–Trinajstić information content (AvgIpc) is 3.02. The van der Waals surface area contributed by atoms with E-state index in [0.29, 0.717) is 12.8 Å². The summed E-state index contributed by atoms with van der Waals surface area (Å²) in [5.74, 6) is -1.61. The van der Waals surface area contributed by atoms with Gasteiger partial charge in [0.1, 0.15) is 0 Å². The normalized spacial score (nSPS) is 19.6. The van der Waals surface area contributed by atoms with Crippen LogP contribution < -0.4 is 16.4 Å². The van der Waals surface area contributed by atoms with Crippen LogP contribution in [0.15, 0.2) is 60.7 Å². The number of carbonyl (C=O) groups excluding carboxylic acids is 3. The third-order valence-electron chi connectivity index (χ3n) is 5.95. The third-order valence-corrected chi connectivity index (χ3v) is 5.95. The highest BCUT2D eigenvalue weighted by atomic mass is 16.2. The number of hydrogen-bond acceptors (Lipinski definition) is 3. The summed E-state index contributed by atoms with van der Waals surface area (Å²) in [6.45, 7) is -0.126. The van der Waals surface area contributed by atoms with Gasteiger partial charge in [-0.05, 0) is 30.4 Å². The van der Waals surface area contributed by atoms with Gasteiger partial charge in [0.2, 0.25) is 17.7 Å². The van der Waals surface area contributed by atoms with Crippen LogP contribution in [-0.4, -0.2) is 30.3 Å². The Morgan fingerprint density at radius 2 is 1.55 bits per heavy atom. The van der Waals surface area contributed by atoms with E-state index in [2.05, 4.69) is 10.6 Å². The average molecular weight is 422 g/mol. The second-order valence-electron chi connectivity index (χ2n) is 8.19. The molecule has 1 aliphatic rings. The summed E-state index contributed by atoms with van der Waals surface area (Å²) in [5, 5.41) is 5.70. The van der Waals surface area contributed by atoms with Gasteiger partial charge in [-0.25, -0.2) is 0 Å². The predicted molar refractivity (Wildman–Crippen MR) is 120 cm³/mol. The first-order valence-electron chi connectivity index (χ1n) is 11.0. The maximum absolute atomic E-state index is 13.0. The molecular formula is C25H31N3O3. The van der Waals surface area contributed by atoms with Gasteiger partial charge in [0, 0.05) is 6.04 Å². The van der Waals surface area contributed by atoms with E-state index in [1.165, 1.54) is 0 Å². The number of amides is 3. The molecule has 2 aromatic carbocycles. The van der Waals surface area contributed by atoms with Gasteiger partial charge in [-0.2, -0.15) is 0 Å². The van der Waals surface area contributed by atoms with E-state index in [1.54, 1.807) is 0 Å². The fourth-order valence-electron chi connectivity index (χ4n) is 4.27. The summed E-state index contributed by atoms with van der Waals surface area (Å²) in [6, 6.07) is 19.1. The van der Waals surface area contributed by atoms with Crippen molar-refractivity contribution in [3.8, 4) is 0 Å². The fourth-order valence-corrected chi connectivity index (χ4v) is 4.27. The molecule has 0 aliphatic heterocycles. The second kappa shape index (κ2) is 11.3. The Balaban J connectivity index is 1.62. The molecule has 0 spiro atoms. The van der Waals surface area contributed by atoms with Crippen molar-refractivity contribution in [3.63, 3.8) is 0 Å². The molecule has 1 unspecified atom stereocenters. The third kappa shape index (κ3) is 6.67. The number of nitrogens with two attached hydrogens (primary N) is 1. The summed E-state index contributed by atoms with van der Waals surface area (Å²) >= 11 is 0. The minimum absolute atomic E-state index is 0.126. The van der Waals surface area contributed by atoms with Crippen molar-refractivity contribution in [3.05, 3.63) is 71.8 Å². The molecule has 1 aliphatic carbocycles. The van der Waals surface area contributed by atoms with E-state index in [4.69, 9.17) is 5.73 Å². The summed E-state index contributed by atoms with van der Waals surface area (Å²) in [6.07, 6.45) is 4.90. The highest BCUT2D eigenvalue weighted by molar-refractivity contribution is 5.89. The van der Waals surface area contributed by atoms with E-state index in [-0.39, 0.29) is 36.2 Å². The maximum atomic E-state index is 13.0. The van der Waals surface area contributed by atoms with Crippen LogP contribution in [0.25, 0.3) is 0 Å². The SMILES string of the molecule is NC(=O)[C@H]1CCCCC[C@@H]1NC(=O)CNC(=O)C(Cc1ccccc1)c1ccccc1. The van der Waals surface area contributed by atoms with E-state index in [1.807, 2.05) is 60.7 Å². The molecular weight excluding hydrogens is 390 g/mol. The Morgan fingerprint density at radius 3 is 2.23 bits per heavy atom. The lowest BCUT2D eigenvalue weighted by Crippen LogP contribution is -2.48. The van der Waals surface area contributed by atoms with Gasteiger partial charge in [-0.15, -0.1) is 0 Å². The van der Waals surface area contributed by atoms with E-state index < -0.39 is 5.92 Å². The highest BCUT2D eigenvalue weighted by Gasteiger charge is 2.29. The van der Waals surface area contributed by atoms with Gasteiger partial charge in [0.15, 0.2) is 0 Å². The summed E-state index contributed by atoms with van der Waals surface area (Å²) in [5.41, 5.74) is 7.50. The van der Waals surface area contributed by atoms with E-state index in [9.17, 15) is 14.4 Å². The first kappa shape index (κ1) is 22.5. The van der Waals surface area contributed by atoms with Crippen molar-refractivity contribution < 1.29 is 14.4 Å². The molecule has 0 heterocycles. The molecule has 0 radical (unpaired) electrons. The van der Waals surface area contributed by atoms with Gasteiger partial charge < -0.3 is 16.4 Å². The van der Waals surface area contributed by atoms with Crippen LogP contribution in [0.2, 0.25) is 0 Å². The Bertz CT molecular complexity index is 870. The van der Waals surface area contributed by atoms with Crippen LogP contribution in [0.5, 0.6) is 0 Å². The van der Waals surface area contributed by atoms with Crippen LogP contribution in [-0.2, 0) is 20.8 Å². The zero-order chi connectivity index (χ0) is 22.1. The zero-order valence-corrected chi connectivity index (χ0v) is 17.8. The van der Waals surface area contributed by atoms with Crippen molar-refractivity contribution in [1.82, 2.24) is 10.6 Å². The molecule has 1 saturated carbocycles. The lowest BCUT2D eigenvalue weighted by molar-refractivity contribution is -0.128.